The number of methoxy groups -OCH3 is 1. The molecule has 0 unspecified atom stereocenters. The fourth-order valence-electron chi connectivity index (χ4n) is 2.32. The van der Waals surface area contributed by atoms with Crippen LogP contribution in [0.3, 0.4) is 0 Å². The van der Waals surface area contributed by atoms with Gasteiger partial charge in [0.2, 0.25) is 0 Å². The Morgan fingerprint density at radius 2 is 2.11 bits per heavy atom. The predicted molar refractivity (Wildman–Crippen MR) is 74.1 cm³/mol. The predicted octanol–water partition coefficient (Wildman–Crippen LogP) is 2.10. The second-order valence-corrected chi connectivity index (χ2v) is 4.92. The van der Waals surface area contributed by atoms with Crippen LogP contribution in [0.1, 0.15) is 24.0 Å². The molecule has 1 aromatic carbocycles. The van der Waals surface area contributed by atoms with Crippen LogP contribution < -0.4 is 10.5 Å². The molecule has 1 aromatic rings. The summed E-state index contributed by atoms with van der Waals surface area (Å²) in [5, 5.41) is 0. The monoisotopic (exact) mass is 265 g/mol. The Morgan fingerprint density at radius 3 is 2.79 bits per heavy atom. The lowest BCUT2D eigenvalue weighted by molar-refractivity contribution is 0.0153. The highest BCUT2D eigenvalue weighted by atomic mass is 16.5. The van der Waals surface area contributed by atoms with Crippen molar-refractivity contribution in [2.24, 2.45) is 11.7 Å². The number of hydrogen-bond donors (Lipinski definition) is 1. The Morgan fingerprint density at radius 1 is 1.32 bits per heavy atom. The van der Waals surface area contributed by atoms with Crippen molar-refractivity contribution in [3.05, 3.63) is 29.3 Å². The number of hydrogen-bond acceptors (Lipinski definition) is 4. The molecule has 106 valence electrons. The fourth-order valence-corrected chi connectivity index (χ4v) is 2.32. The highest BCUT2D eigenvalue weighted by molar-refractivity contribution is 5.36. The third-order valence-corrected chi connectivity index (χ3v) is 3.53. The Bertz CT molecular complexity index is 389. The number of nitrogens with two attached hydrogens (primary N) is 1. The molecule has 0 spiro atoms. The first-order valence-corrected chi connectivity index (χ1v) is 6.85. The lowest BCUT2D eigenvalue weighted by atomic mass is 10.0. The molecule has 4 nitrogen and oxygen atoms in total. The summed E-state index contributed by atoms with van der Waals surface area (Å²) in [4.78, 5) is 0. The zero-order valence-electron chi connectivity index (χ0n) is 11.6. The van der Waals surface area contributed by atoms with Gasteiger partial charge in [-0.05, 0) is 36.5 Å². The minimum Gasteiger partial charge on any atom is -0.496 e. The van der Waals surface area contributed by atoms with Crippen LogP contribution in [0.2, 0.25) is 0 Å². The maximum atomic E-state index is 5.82. The number of rotatable bonds is 6. The second kappa shape index (κ2) is 7.48. The van der Waals surface area contributed by atoms with Gasteiger partial charge >= 0.3 is 0 Å². The van der Waals surface area contributed by atoms with Gasteiger partial charge in [0.25, 0.3) is 0 Å². The minimum atomic E-state index is 0.539. The zero-order chi connectivity index (χ0) is 13.5. The van der Waals surface area contributed by atoms with E-state index in [0.717, 1.165) is 49.5 Å². The van der Waals surface area contributed by atoms with Crippen molar-refractivity contribution in [2.75, 3.05) is 26.9 Å². The molecule has 0 radical (unpaired) electrons. The topological polar surface area (TPSA) is 53.7 Å². The van der Waals surface area contributed by atoms with Gasteiger partial charge in [0.05, 0.1) is 20.3 Å². The average Bonchev–Trinajstić information content (AvgIpc) is 2.48. The van der Waals surface area contributed by atoms with Gasteiger partial charge in [0.1, 0.15) is 5.75 Å². The molecule has 0 atom stereocenters. The molecule has 1 fully saturated rings. The van der Waals surface area contributed by atoms with Crippen molar-refractivity contribution in [3.8, 4) is 5.75 Å². The molecule has 2 rings (SSSR count). The molecule has 1 aliphatic rings. The molecular formula is C15H23NO3. The first-order chi connectivity index (χ1) is 9.33. The molecule has 2 N–H and O–H groups in total. The van der Waals surface area contributed by atoms with E-state index in [0.29, 0.717) is 19.1 Å². The number of benzene rings is 1. The van der Waals surface area contributed by atoms with E-state index < -0.39 is 0 Å². The van der Waals surface area contributed by atoms with Crippen molar-refractivity contribution in [1.29, 1.82) is 0 Å². The minimum absolute atomic E-state index is 0.539. The third-order valence-electron chi connectivity index (χ3n) is 3.53. The SMILES string of the molecule is COc1ccc(CN)cc1COCC1CCOCC1. The van der Waals surface area contributed by atoms with E-state index >= 15 is 0 Å². The Kier molecular flexibility index (Phi) is 5.63. The average molecular weight is 265 g/mol. The van der Waals surface area contributed by atoms with E-state index in [4.69, 9.17) is 19.9 Å². The molecule has 1 aliphatic heterocycles. The van der Waals surface area contributed by atoms with Gasteiger partial charge in [-0.2, -0.15) is 0 Å². The van der Waals surface area contributed by atoms with Gasteiger partial charge in [-0.1, -0.05) is 6.07 Å². The van der Waals surface area contributed by atoms with E-state index in [2.05, 4.69) is 6.07 Å². The van der Waals surface area contributed by atoms with Crippen LogP contribution in [0.4, 0.5) is 0 Å². The summed E-state index contributed by atoms with van der Waals surface area (Å²) in [5.41, 5.74) is 7.83. The van der Waals surface area contributed by atoms with Crippen LogP contribution in [-0.4, -0.2) is 26.9 Å². The Hall–Kier alpha value is -1.10. The molecule has 19 heavy (non-hydrogen) atoms. The van der Waals surface area contributed by atoms with Gasteiger partial charge in [-0.3, -0.25) is 0 Å². The standard InChI is InChI=1S/C15H23NO3/c1-17-15-3-2-13(9-16)8-14(15)11-19-10-12-4-6-18-7-5-12/h2-3,8,12H,4-7,9-11,16H2,1H3. The van der Waals surface area contributed by atoms with Gasteiger partial charge < -0.3 is 19.9 Å². The van der Waals surface area contributed by atoms with Crippen LogP contribution in [-0.2, 0) is 22.6 Å². The molecule has 0 bridgehead atoms. The number of ether oxygens (including phenoxy) is 3. The summed E-state index contributed by atoms with van der Waals surface area (Å²) < 4.78 is 16.5. The molecular weight excluding hydrogens is 242 g/mol. The molecule has 1 saturated heterocycles. The van der Waals surface area contributed by atoms with Gasteiger partial charge in [0, 0.05) is 25.3 Å². The highest BCUT2D eigenvalue weighted by Crippen LogP contribution is 2.22. The first-order valence-electron chi connectivity index (χ1n) is 6.85. The largest absolute Gasteiger partial charge is 0.496 e. The van der Waals surface area contributed by atoms with E-state index in [1.165, 1.54) is 0 Å². The third kappa shape index (κ3) is 4.20. The van der Waals surface area contributed by atoms with Crippen LogP contribution in [0.25, 0.3) is 0 Å². The van der Waals surface area contributed by atoms with E-state index in [-0.39, 0.29) is 0 Å². The molecule has 0 amide bonds. The maximum Gasteiger partial charge on any atom is 0.124 e. The van der Waals surface area contributed by atoms with Crippen LogP contribution in [0, 0.1) is 5.92 Å². The quantitative estimate of drug-likeness (QED) is 0.855. The van der Waals surface area contributed by atoms with Crippen molar-refractivity contribution in [3.63, 3.8) is 0 Å². The van der Waals surface area contributed by atoms with E-state index in [1.54, 1.807) is 7.11 Å². The molecule has 1 heterocycles. The fraction of sp³-hybridized carbons (Fsp3) is 0.600. The van der Waals surface area contributed by atoms with Gasteiger partial charge in [-0.15, -0.1) is 0 Å². The van der Waals surface area contributed by atoms with Gasteiger partial charge in [-0.25, -0.2) is 0 Å². The highest BCUT2D eigenvalue weighted by Gasteiger charge is 2.14. The van der Waals surface area contributed by atoms with E-state index in [9.17, 15) is 0 Å². The zero-order valence-corrected chi connectivity index (χ0v) is 11.6. The summed E-state index contributed by atoms with van der Waals surface area (Å²) in [5.74, 6) is 1.49. The maximum absolute atomic E-state index is 5.82. The van der Waals surface area contributed by atoms with E-state index in [1.807, 2.05) is 12.1 Å². The van der Waals surface area contributed by atoms with Crippen molar-refractivity contribution in [1.82, 2.24) is 0 Å². The summed E-state index contributed by atoms with van der Waals surface area (Å²) in [6.07, 6.45) is 2.19. The Labute approximate surface area is 114 Å². The molecule has 0 aliphatic carbocycles. The first kappa shape index (κ1) is 14.3. The summed E-state index contributed by atoms with van der Waals surface area (Å²) >= 11 is 0. The van der Waals surface area contributed by atoms with Crippen LogP contribution in [0.5, 0.6) is 5.75 Å². The molecule has 4 heteroatoms. The smallest absolute Gasteiger partial charge is 0.124 e. The summed E-state index contributed by atoms with van der Waals surface area (Å²) in [7, 11) is 1.68. The molecule has 0 saturated carbocycles. The van der Waals surface area contributed by atoms with Crippen molar-refractivity contribution >= 4 is 0 Å². The lowest BCUT2D eigenvalue weighted by Gasteiger charge is -2.22. The second-order valence-electron chi connectivity index (χ2n) is 4.92. The van der Waals surface area contributed by atoms with Crippen molar-refractivity contribution < 1.29 is 14.2 Å². The van der Waals surface area contributed by atoms with Crippen LogP contribution >= 0.6 is 0 Å². The van der Waals surface area contributed by atoms with Gasteiger partial charge in [0.15, 0.2) is 0 Å². The summed E-state index contributed by atoms with van der Waals surface area (Å²) in [6.45, 7) is 3.63. The normalized spacial score (nSPS) is 16.5. The lowest BCUT2D eigenvalue weighted by Crippen LogP contribution is -2.20. The summed E-state index contributed by atoms with van der Waals surface area (Å²) in [6, 6.07) is 6.00. The van der Waals surface area contributed by atoms with Crippen LogP contribution in [0.15, 0.2) is 18.2 Å². The van der Waals surface area contributed by atoms with Crippen molar-refractivity contribution in [2.45, 2.75) is 26.0 Å². The molecule has 0 aromatic heterocycles. The Balaban J connectivity index is 1.86.